The van der Waals surface area contributed by atoms with Crippen molar-refractivity contribution in [1.29, 1.82) is 0 Å². The molecule has 7 heteroatoms. The van der Waals surface area contributed by atoms with Crippen molar-refractivity contribution in [2.45, 2.75) is 20.8 Å². The Morgan fingerprint density at radius 3 is 1.45 bits per heavy atom. The zero-order valence-electron chi connectivity index (χ0n) is 17.8. The van der Waals surface area contributed by atoms with Crippen molar-refractivity contribution in [3.8, 4) is 0 Å². The number of carbonyl (C=O) groups excluding carboxylic acids is 1. The van der Waals surface area contributed by atoms with Crippen LogP contribution in [0.25, 0.3) is 26.9 Å². The molecule has 1 amide bonds. The number of nitrogens with zero attached hydrogens (tertiary/aromatic N) is 5. The topological polar surface area (TPSA) is 83.1 Å². The number of para-hydroxylation sites is 4. The molecule has 0 saturated carbocycles. The third-order valence-electron chi connectivity index (χ3n) is 4.02. The summed E-state index contributed by atoms with van der Waals surface area (Å²) in [5.41, 5.74) is 9.02. The molecule has 0 aliphatic heterocycles. The van der Waals surface area contributed by atoms with Crippen LogP contribution in [0.1, 0.15) is 18.6 Å². The summed E-state index contributed by atoms with van der Waals surface area (Å²) in [6.45, 7) is 11.2. The summed E-state index contributed by atoms with van der Waals surface area (Å²) < 4.78 is 4.19. The van der Waals surface area contributed by atoms with E-state index in [-0.39, 0.29) is 5.91 Å². The first-order valence-electron chi connectivity index (χ1n) is 9.00. The average Bonchev–Trinajstić information content (AvgIpc) is 3.12. The Labute approximate surface area is 171 Å². The number of rotatable bonds is 0. The lowest BCUT2D eigenvalue weighted by molar-refractivity contribution is -0.115. The molecule has 0 aliphatic carbocycles. The van der Waals surface area contributed by atoms with Gasteiger partial charge in [0.15, 0.2) is 0 Å². The molecule has 152 valence electrons. The van der Waals surface area contributed by atoms with Crippen molar-refractivity contribution in [2.24, 2.45) is 19.8 Å². The van der Waals surface area contributed by atoms with Gasteiger partial charge in [-0.2, -0.15) is 0 Å². The highest BCUT2D eigenvalue weighted by Gasteiger charge is 2.01. The molecule has 2 aromatic carbocycles. The van der Waals surface area contributed by atoms with E-state index in [0.29, 0.717) is 0 Å². The van der Waals surface area contributed by atoms with Gasteiger partial charge in [0.2, 0.25) is 13.0 Å². The van der Waals surface area contributed by atoms with Crippen LogP contribution in [-0.4, -0.2) is 32.1 Å². The summed E-state index contributed by atoms with van der Waals surface area (Å²) in [6, 6.07) is 16.3. The van der Waals surface area contributed by atoms with E-state index < -0.39 is 0 Å². The molecule has 29 heavy (non-hydrogen) atoms. The highest BCUT2D eigenvalue weighted by Crippen LogP contribution is 2.13. The summed E-state index contributed by atoms with van der Waals surface area (Å²) >= 11 is 0. The second-order valence-electron chi connectivity index (χ2n) is 6.25. The summed E-state index contributed by atoms with van der Waals surface area (Å²) in [7, 11) is 5.48. The van der Waals surface area contributed by atoms with Crippen LogP contribution in [0.4, 0.5) is 0 Å². The maximum absolute atomic E-state index is 9.22. The highest BCUT2D eigenvalue weighted by atomic mass is 16.1. The Balaban J connectivity index is 0.000000222. The maximum Gasteiger partial charge on any atom is 0.214 e. The van der Waals surface area contributed by atoms with Crippen molar-refractivity contribution in [2.75, 3.05) is 7.05 Å². The molecular formula is C22H28N6O. The second-order valence-corrected chi connectivity index (χ2v) is 6.25. The molecule has 2 N–H and O–H groups in total. The van der Waals surface area contributed by atoms with Gasteiger partial charge in [-0.1, -0.05) is 24.3 Å². The molecule has 2 aromatic heterocycles. The van der Waals surface area contributed by atoms with Crippen molar-refractivity contribution in [3.05, 3.63) is 71.6 Å². The van der Waals surface area contributed by atoms with E-state index in [1.165, 1.54) is 25.0 Å². The molecule has 0 atom stereocenters. The summed E-state index contributed by atoms with van der Waals surface area (Å²) in [4.78, 5) is 20.7. The average molecular weight is 393 g/mol. The minimum atomic E-state index is -0.333. The number of primary amides is 1. The first kappa shape index (κ1) is 23.4. The minimum Gasteiger partial charge on any atom is -0.370 e. The standard InChI is InChI=1S/2C9H10N2.C2H5NO.C2H3N/c2*1-7-10-8-5-3-4-6-9(8)11(7)2;1-2(3)4;1-3-2/h2*3-6H,1-2H3;1H3,(H2,3,4);1H3. The van der Waals surface area contributed by atoms with Gasteiger partial charge in [0, 0.05) is 21.0 Å². The molecule has 7 nitrogen and oxygen atoms in total. The fourth-order valence-corrected chi connectivity index (χ4v) is 2.53. The summed E-state index contributed by atoms with van der Waals surface area (Å²) in [5.74, 6) is 1.79. The highest BCUT2D eigenvalue weighted by molar-refractivity contribution is 5.76. The maximum atomic E-state index is 9.22. The molecule has 0 unspecified atom stereocenters. The Bertz CT molecular complexity index is 1040. The zero-order chi connectivity index (χ0) is 22.0. The lowest BCUT2D eigenvalue weighted by atomic mass is 10.3. The number of nitrogens with two attached hydrogens (primary N) is 1. The zero-order valence-corrected chi connectivity index (χ0v) is 17.8. The summed E-state index contributed by atoms with van der Waals surface area (Å²) in [5, 5.41) is 0. The van der Waals surface area contributed by atoms with Gasteiger partial charge in [-0.05, 0) is 38.1 Å². The number of aromatic nitrogens is 4. The van der Waals surface area contributed by atoms with E-state index in [1.54, 1.807) is 0 Å². The smallest absolute Gasteiger partial charge is 0.214 e. The third-order valence-corrected chi connectivity index (χ3v) is 4.02. The number of hydrogen-bond acceptors (Lipinski definition) is 3. The fraction of sp³-hybridized carbons (Fsp3) is 0.273. The molecule has 4 aromatic rings. The van der Waals surface area contributed by atoms with Crippen molar-refractivity contribution in [1.82, 2.24) is 19.1 Å². The lowest BCUT2D eigenvalue weighted by Crippen LogP contribution is -2.01. The monoisotopic (exact) mass is 392 g/mol. The SMILES string of the molecule is CC(N)=O.Cc1nc2ccccc2n1C.Cc1nc2ccccc2n1C.[C-]#[N+]C. The predicted octanol–water partition coefficient (Wildman–Crippen LogP) is 3.79. The Kier molecular flexibility index (Phi) is 9.06. The number of imidazole rings is 2. The minimum absolute atomic E-state index is 0.333. The Morgan fingerprint density at radius 2 is 1.17 bits per heavy atom. The fourth-order valence-electron chi connectivity index (χ4n) is 2.53. The van der Waals surface area contributed by atoms with E-state index in [9.17, 15) is 4.79 Å². The van der Waals surface area contributed by atoms with Crippen LogP contribution in [0.5, 0.6) is 0 Å². The third kappa shape index (κ3) is 6.78. The largest absolute Gasteiger partial charge is 0.370 e. The van der Waals surface area contributed by atoms with Crippen LogP contribution in [0.2, 0.25) is 0 Å². The molecule has 0 fully saturated rings. The van der Waals surface area contributed by atoms with Crippen molar-refractivity contribution in [3.63, 3.8) is 0 Å². The van der Waals surface area contributed by atoms with E-state index >= 15 is 0 Å². The number of hydrogen-bond donors (Lipinski definition) is 1. The lowest BCUT2D eigenvalue weighted by Gasteiger charge is -1.93. The Hall–Kier alpha value is -3.66. The molecule has 0 aliphatic rings. The van der Waals surface area contributed by atoms with Crippen LogP contribution < -0.4 is 5.73 Å². The van der Waals surface area contributed by atoms with Crippen LogP contribution >= 0.6 is 0 Å². The van der Waals surface area contributed by atoms with E-state index in [4.69, 9.17) is 6.57 Å². The number of benzene rings is 2. The summed E-state index contributed by atoms with van der Waals surface area (Å²) in [6.07, 6.45) is 0. The van der Waals surface area contributed by atoms with Crippen LogP contribution in [0.15, 0.2) is 48.5 Å². The van der Waals surface area contributed by atoms with Crippen molar-refractivity contribution >= 4 is 28.0 Å². The molecule has 0 bridgehead atoms. The number of carbonyl (C=O) groups is 1. The van der Waals surface area contributed by atoms with Gasteiger partial charge < -0.3 is 19.7 Å². The van der Waals surface area contributed by atoms with Gasteiger partial charge >= 0.3 is 0 Å². The van der Waals surface area contributed by atoms with E-state index in [1.807, 2.05) is 64.3 Å². The molecule has 0 saturated heterocycles. The second kappa shape index (κ2) is 11.2. The van der Waals surface area contributed by atoms with Gasteiger partial charge in [0.1, 0.15) is 11.6 Å². The van der Waals surface area contributed by atoms with Crippen LogP contribution in [0.3, 0.4) is 0 Å². The quantitative estimate of drug-likeness (QED) is 0.462. The molecule has 0 radical (unpaired) electrons. The molecule has 0 spiro atoms. The van der Waals surface area contributed by atoms with Gasteiger partial charge in [-0.15, -0.1) is 0 Å². The first-order valence-corrected chi connectivity index (χ1v) is 9.00. The molecular weight excluding hydrogens is 364 g/mol. The van der Waals surface area contributed by atoms with Gasteiger partial charge in [-0.25, -0.2) is 16.5 Å². The molecule has 4 rings (SSSR count). The van der Waals surface area contributed by atoms with E-state index in [0.717, 1.165) is 22.7 Å². The number of fused-ring (bicyclic) bond motifs is 2. The normalized spacial score (nSPS) is 9.28. The van der Waals surface area contributed by atoms with Crippen LogP contribution in [0, 0.1) is 20.4 Å². The first-order chi connectivity index (χ1) is 13.7. The molecule has 2 heterocycles. The number of amides is 1. The van der Waals surface area contributed by atoms with Crippen LogP contribution in [-0.2, 0) is 18.9 Å². The van der Waals surface area contributed by atoms with Gasteiger partial charge in [-0.3, -0.25) is 4.79 Å². The van der Waals surface area contributed by atoms with Crippen molar-refractivity contribution < 1.29 is 4.79 Å². The number of aryl methyl sites for hydroxylation is 4. The predicted molar refractivity (Wildman–Crippen MR) is 118 cm³/mol. The van der Waals surface area contributed by atoms with Gasteiger partial charge in [0.25, 0.3) is 0 Å². The van der Waals surface area contributed by atoms with E-state index in [2.05, 4.69) is 41.8 Å². The Morgan fingerprint density at radius 1 is 0.897 bits per heavy atom. The van der Waals surface area contributed by atoms with Gasteiger partial charge in [0.05, 0.1) is 22.1 Å².